The first-order valence-electron chi connectivity index (χ1n) is 9.90. The maximum Gasteiger partial charge on any atom is 0.248 e. The number of halogens is 5. The molecule has 1 aliphatic heterocycles. The van der Waals surface area contributed by atoms with Crippen molar-refractivity contribution in [2.75, 3.05) is 16.8 Å². The molecule has 0 atom stereocenters. The lowest BCUT2D eigenvalue weighted by Crippen LogP contribution is -2.37. The molecule has 160 valence electrons. The molecular formula is C22H21Cl2F3N2O. The van der Waals surface area contributed by atoms with Crippen LogP contribution in [0, 0.1) is 11.7 Å². The third kappa shape index (κ3) is 4.54. The first-order valence-corrected chi connectivity index (χ1v) is 10.7. The van der Waals surface area contributed by atoms with Gasteiger partial charge in [-0.1, -0.05) is 35.3 Å². The number of hydrogen-bond acceptors (Lipinski definition) is 2. The molecule has 1 aliphatic carbocycles. The summed E-state index contributed by atoms with van der Waals surface area (Å²) >= 11 is 13.0. The predicted octanol–water partition coefficient (Wildman–Crippen LogP) is 6.46. The monoisotopic (exact) mass is 456 g/mol. The van der Waals surface area contributed by atoms with Gasteiger partial charge in [-0.15, -0.1) is 0 Å². The van der Waals surface area contributed by atoms with Gasteiger partial charge < -0.3 is 10.2 Å². The molecule has 0 radical (unpaired) electrons. The van der Waals surface area contributed by atoms with Crippen molar-refractivity contribution in [3.05, 3.63) is 57.3 Å². The van der Waals surface area contributed by atoms with Gasteiger partial charge in [0.15, 0.2) is 0 Å². The summed E-state index contributed by atoms with van der Waals surface area (Å²) in [6.45, 7) is 1.39. The Balaban J connectivity index is 1.51. The Bertz CT molecular complexity index is 958. The van der Waals surface area contributed by atoms with Crippen LogP contribution in [-0.4, -0.2) is 18.4 Å². The Labute approximate surface area is 183 Å². The van der Waals surface area contributed by atoms with E-state index in [0.29, 0.717) is 22.3 Å². The molecule has 0 bridgehead atoms. The average Bonchev–Trinajstić information content (AvgIpc) is 2.66. The molecule has 2 aromatic carbocycles. The highest BCUT2D eigenvalue weighted by molar-refractivity contribution is 6.40. The van der Waals surface area contributed by atoms with Gasteiger partial charge in [-0.05, 0) is 48.1 Å². The molecule has 0 saturated heterocycles. The van der Waals surface area contributed by atoms with Gasteiger partial charge in [-0.2, -0.15) is 0 Å². The van der Waals surface area contributed by atoms with Gasteiger partial charge in [0.05, 0.1) is 15.7 Å². The summed E-state index contributed by atoms with van der Waals surface area (Å²) in [5.41, 5.74) is 3.07. The van der Waals surface area contributed by atoms with E-state index in [4.69, 9.17) is 23.2 Å². The number of anilines is 2. The number of amides is 1. The topological polar surface area (TPSA) is 32.3 Å². The fourth-order valence-electron chi connectivity index (χ4n) is 4.21. The van der Waals surface area contributed by atoms with Crippen LogP contribution < -0.4 is 10.2 Å². The maximum atomic E-state index is 13.2. The van der Waals surface area contributed by atoms with Gasteiger partial charge in [-0.25, -0.2) is 13.2 Å². The molecule has 2 aliphatic rings. The molecule has 1 amide bonds. The molecule has 0 unspecified atom stereocenters. The van der Waals surface area contributed by atoms with Crippen molar-refractivity contribution in [1.82, 2.24) is 0 Å². The molecule has 1 saturated carbocycles. The number of carbonyl (C=O) groups excluding carboxylic acids is 1. The van der Waals surface area contributed by atoms with Crippen molar-refractivity contribution in [3.63, 3.8) is 0 Å². The second kappa shape index (κ2) is 8.31. The number of rotatable bonds is 5. The maximum absolute atomic E-state index is 13.2. The number of nitrogens with one attached hydrogen (secondary N) is 1. The van der Waals surface area contributed by atoms with Gasteiger partial charge in [0.1, 0.15) is 5.82 Å². The number of carbonyl (C=O) groups is 1. The Kier molecular flexibility index (Phi) is 5.90. The summed E-state index contributed by atoms with van der Waals surface area (Å²) in [6.07, 6.45) is 1.12. The van der Waals surface area contributed by atoms with E-state index in [1.807, 2.05) is 0 Å². The van der Waals surface area contributed by atoms with E-state index >= 15 is 0 Å². The summed E-state index contributed by atoms with van der Waals surface area (Å²) in [7, 11) is 0. The fraction of sp³-hybridized carbons (Fsp3) is 0.409. The van der Waals surface area contributed by atoms with Crippen molar-refractivity contribution in [2.24, 2.45) is 5.92 Å². The van der Waals surface area contributed by atoms with Crippen LogP contribution in [0.1, 0.15) is 36.8 Å². The highest BCUT2D eigenvalue weighted by atomic mass is 35.5. The Morgan fingerprint density at radius 1 is 1.20 bits per heavy atom. The zero-order chi connectivity index (χ0) is 21.5. The summed E-state index contributed by atoms with van der Waals surface area (Å²) in [5, 5.41) is 3.40. The summed E-state index contributed by atoms with van der Waals surface area (Å²) in [4.78, 5) is 14.4. The molecule has 1 N–H and O–H groups in total. The number of nitrogens with zero attached hydrogens (tertiary/aromatic N) is 1. The van der Waals surface area contributed by atoms with Gasteiger partial charge in [0.2, 0.25) is 11.8 Å². The van der Waals surface area contributed by atoms with Crippen LogP contribution in [0.4, 0.5) is 24.5 Å². The first kappa shape index (κ1) is 21.3. The highest BCUT2D eigenvalue weighted by Gasteiger charge is 2.45. The zero-order valence-corrected chi connectivity index (χ0v) is 17.7. The van der Waals surface area contributed by atoms with Crippen molar-refractivity contribution in [3.8, 4) is 0 Å². The zero-order valence-electron chi connectivity index (χ0n) is 16.2. The number of hydrogen-bond donors (Lipinski definition) is 1. The quantitative estimate of drug-likeness (QED) is 0.559. The molecular weight excluding hydrogens is 436 g/mol. The van der Waals surface area contributed by atoms with E-state index in [0.717, 1.165) is 36.2 Å². The predicted molar refractivity (Wildman–Crippen MR) is 113 cm³/mol. The normalized spacial score (nSPS) is 18.0. The first-order chi connectivity index (χ1) is 14.2. The number of benzene rings is 2. The lowest BCUT2D eigenvalue weighted by atomic mass is 9.79. The molecule has 3 nitrogen and oxygen atoms in total. The largest absolute Gasteiger partial charge is 0.367 e. The minimum atomic E-state index is -2.65. The van der Waals surface area contributed by atoms with E-state index in [1.165, 1.54) is 12.1 Å². The second-order valence-electron chi connectivity index (χ2n) is 8.08. The Morgan fingerprint density at radius 3 is 2.57 bits per heavy atom. The molecule has 2 aromatic rings. The Morgan fingerprint density at radius 2 is 1.90 bits per heavy atom. The van der Waals surface area contributed by atoms with Crippen LogP contribution in [0.2, 0.25) is 10.0 Å². The van der Waals surface area contributed by atoms with E-state index in [-0.39, 0.29) is 36.9 Å². The summed E-state index contributed by atoms with van der Waals surface area (Å²) in [5.74, 6) is -3.62. The number of alkyl halides is 2. The van der Waals surface area contributed by atoms with E-state index in [1.54, 1.807) is 18.2 Å². The summed E-state index contributed by atoms with van der Waals surface area (Å²) in [6, 6.07) is 8.11. The second-order valence-corrected chi connectivity index (χ2v) is 8.86. The molecule has 1 heterocycles. The number of fused-ring (bicyclic) bond motifs is 1. The van der Waals surface area contributed by atoms with Gasteiger partial charge in [0, 0.05) is 38.0 Å². The van der Waals surface area contributed by atoms with Crippen molar-refractivity contribution >= 4 is 40.5 Å². The van der Waals surface area contributed by atoms with Crippen LogP contribution in [0.5, 0.6) is 0 Å². The average molecular weight is 457 g/mol. The third-order valence-electron chi connectivity index (χ3n) is 5.69. The fourth-order valence-corrected chi connectivity index (χ4v) is 4.84. The van der Waals surface area contributed by atoms with Gasteiger partial charge in [0.25, 0.3) is 0 Å². The Hall–Kier alpha value is -1.92. The lowest BCUT2D eigenvalue weighted by molar-refractivity contribution is -0.129. The summed E-state index contributed by atoms with van der Waals surface area (Å²) < 4.78 is 39.2. The molecule has 0 spiro atoms. The van der Waals surface area contributed by atoms with E-state index < -0.39 is 5.92 Å². The van der Waals surface area contributed by atoms with Crippen LogP contribution in [0.25, 0.3) is 0 Å². The van der Waals surface area contributed by atoms with Gasteiger partial charge in [-0.3, -0.25) is 4.79 Å². The van der Waals surface area contributed by atoms with E-state index in [2.05, 4.69) is 10.2 Å². The molecule has 1 fully saturated rings. The standard InChI is InChI=1S/C22H21Cl2F3N2O/c23-17-9-18-16(2-1-7-29(18)12-13-3-5-15(25)6-4-13)20(24)21(17)28-19(30)8-14-10-22(26,27)11-14/h3-6,9,14H,1-2,7-8,10-12H2,(H,28,30). The SMILES string of the molecule is O=C(CC1CC(F)(F)C1)Nc1c(Cl)cc2c(c1Cl)CCCN2Cc1ccc(F)cc1. The molecule has 8 heteroatoms. The third-order valence-corrected chi connectivity index (χ3v) is 6.41. The van der Waals surface area contributed by atoms with Gasteiger partial charge >= 0.3 is 0 Å². The van der Waals surface area contributed by atoms with Crippen molar-refractivity contribution in [1.29, 1.82) is 0 Å². The minimum Gasteiger partial charge on any atom is -0.367 e. The van der Waals surface area contributed by atoms with Crippen LogP contribution in [0.15, 0.2) is 30.3 Å². The van der Waals surface area contributed by atoms with E-state index in [9.17, 15) is 18.0 Å². The van der Waals surface area contributed by atoms with Crippen LogP contribution in [0.3, 0.4) is 0 Å². The van der Waals surface area contributed by atoms with Crippen molar-refractivity contribution in [2.45, 2.75) is 44.6 Å². The van der Waals surface area contributed by atoms with Crippen molar-refractivity contribution < 1.29 is 18.0 Å². The minimum absolute atomic E-state index is 0.0238. The van der Waals surface area contributed by atoms with Crippen LogP contribution in [-0.2, 0) is 17.8 Å². The molecule has 30 heavy (non-hydrogen) atoms. The molecule has 4 rings (SSSR count). The molecule has 0 aromatic heterocycles. The smallest absolute Gasteiger partial charge is 0.248 e. The lowest BCUT2D eigenvalue weighted by Gasteiger charge is -2.34. The highest BCUT2D eigenvalue weighted by Crippen LogP contribution is 2.45. The van der Waals surface area contributed by atoms with Crippen LogP contribution >= 0.6 is 23.2 Å².